The van der Waals surface area contributed by atoms with E-state index in [0.29, 0.717) is 11.8 Å². The van der Waals surface area contributed by atoms with Crippen LogP contribution in [0.2, 0.25) is 25.7 Å². The average molecular weight is 1120 g/mol. The molecule has 10 atom stereocenters. The predicted octanol–water partition coefficient (Wildman–Crippen LogP) is 9.41. The molecular weight excluding hydrogens is 1060 g/mol. The summed E-state index contributed by atoms with van der Waals surface area (Å²) in [6, 6.07) is 46.5. The molecule has 412 valence electrons. The van der Waals surface area contributed by atoms with Crippen LogP contribution in [0.3, 0.4) is 0 Å². The van der Waals surface area contributed by atoms with Crippen molar-refractivity contribution in [3.8, 4) is 5.75 Å². The topological polar surface area (TPSA) is 204 Å². The summed E-state index contributed by atoms with van der Waals surface area (Å²) in [6.07, 6.45) is -16.7. The molecule has 0 spiro atoms. The number of benzene rings is 6. The highest BCUT2D eigenvalue weighted by molar-refractivity contribution is 6.76. The van der Waals surface area contributed by atoms with E-state index in [1.54, 1.807) is 115 Å². The van der Waals surface area contributed by atoms with Crippen molar-refractivity contribution >= 4 is 55.5 Å². The minimum Gasteiger partial charge on any atom is -0.497 e. The number of carbonyl (C=O) groups excluding carboxylic acids is 6. The van der Waals surface area contributed by atoms with Crippen LogP contribution in [-0.2, 0) is 47.4 Å². The van der Waals surface area contributed by atoms with E-state index in [-0.39, 0.29) is 40.0 Å². The molecule has 8 rings (SSSR count). The second-order valence-electron chi connectivity index (χ2n) is 19.5. The van der Waals surface area contributed by atoms with Gasteiger partial charge < -0.3 is 52.1 Å². The van der Waals surface area contributed by atoms with Crippen molar-refractivity contribution in [3.05, 3.63) is 209 Å². The van der Waals surface area contributed by atoms with E-state index in [0.717, 1.165) is 0 Å². The number of hydrogen-bond donors (Lipinski definition) is 0. The molecule has 0 unspecified atom stereocenters. The minimum absolute atomic E-state index is 0.0493. The summed E-state index contributed by atoms with van der Waals surface area (Å²) in [6.45, 7) is 5.91. The van der Waals surface area contributed by atoms with Crippen molar-refractivity contribution in [1.29, 1.82) is 0 Å². The lowest BCUT2D eigenvalue weighted by Gasteiger charge is -2.48. The molecule has 0 amide bonds. The zero-order chi connectivity index (χ0) is 55.9. The van der Waals surface area contributed by atoms with E-state index in [1.165, 1.54) is 67.8 Å². The molecule has 2 heterocycles. The van der Waals surface area contributed by atoms with Crippen molar-refractivity contribution in [1.82, 2.24) is 0 Å². The summed E-state index contributed by atoms with van der Waals surface area (Å²) in [5, 5.41) is 0. The van der Waals surface area contributed by atoms with Gasteiger partial charge in [0.2, 0.25) is 0 Å². The number of hydrogen-bond acceptors (Lipinski definition) is 17. The lowest BCUT2D eigenvalue weighted by Crippen LogP contribution is -2.67. The maximum atomic E-state index is 14.5. The van der Waals surface area contributed by atoms with Crippen LogP contribution in [0.25, 0.3) is 0 Å². The molecule has 2 fully saturated rings. The zero-order valence-corrected chi connectivity index (χ0v) is 45.4. The van der Waals surface area contributed by atoms with Crippen LogP contribution in [-0.4, -0.2) is 132 Å². The zero-order valence-electron chi connectivity index (χ0n) is 43.7. The first-order chi connectivity index (χ1) is 38.2. The van der Waals surface area contributed by atoms with Gasteiger partial charge in [0.15, 0.2) is 43.1 Å². The Kier molecular flexibility index (Phi) is 19.8. The van der Waals surface area contributed by atoms with E-state index in [1.807, 2.05) is 0 Å². The van der Waals surface area contributed by atoms with Gasteiger partial charge in [-0.1, -0.05) is 111 Å². The smallest absolute Gasteiger partial charge is 0.338 e. The SMILES string of the molecule is COc1ccc(C(=O)O[C@@H]2[C@H](OC(=O)c3ccccc3)[C@@H](OC(=O)c3ccccc3)[C@H](O[C@H]3[C@H](OC(=O)c4ccccc4)[C@@H](OC(=O)c4ccccc4)[C@H](OCC[Si](C)(C)C)O[C@@H]3COC(=O)c3ccccc3)O[C@@H]2CCl)cc1. The number of ether oxygens (including phenoxy) is 11. The maximum Gasteiger partial charge on any atom is 0.338 e. The fourth-order valence-electron chi connectivity index (χ4n) is 8.52. The molecule has 0 saturated carbocycles. The molecule has 2 aliphatic rings. The predicted molar refractivity (Wildman–Crippen MR) is 289 cm³/mol. The van der Waals surface area contributed by atoms with E-state index >= 15 is 0 Å². The van der Waals surface area contributed by atoms with Crippen LogP contribution in [0.1, 0.15) is 62.1 Å². The Labute approximate surface area is 462 Å². The van der Waals surface area contributed by atoms with Gasteiger partial charge in [-0.05, 0) is 91.0 Å². The molecule has 79 heavy (non-hydrogen) atoms. The third-order valence-electron chi connectivity index (χ3n) is 12.7. The summed E-state index contributed by atoms with van der Waals surface area (Å²) in [5.74, 6) is -5.33. The maximum absolute atomic E-state index is 14.5. The normalized spacial score (nSPS) is 22.7. The first kappa shape index (κ1) is 57.5. The Balaban J connectivity index is 1.27. The summed E-state index contributed by atoms with van der Waals surface area (Å²) in [7, 11) is -0.343. The van der Waals surface area contributed by atoms with Crippen molar-refractivity contribution in [2.24, 2.45) is 0 Å². The molecule has 2 aliphatic heterocycles. The fraction of sp³-hybridized carbons (Fsp3) is 0.300. The quantitative estimate of drug-likeness (QED) is 0.0285. The van der Waals surface area contributed by atoms with Gasteiger partial charge in [-0.15, -0.1) is 11.6 Å². The Morgan fingerprint density at radius 1 is 0.430 bits per heavy atom. The van der Waals surface area contributed by atoms with Crippen molar-refractivity contribution in [2.75, 3.05) is 26.2 Å². The molecule has 6 aromatic carbocycles. The van der Waals surface area contributed by atoms with E-state index in [9.17, 15) is 28.8 Å². The van der Waals surface area contributed by atoms with Gasteiger partial charge in [0.1, 0.15) is 30.7 Å². The molecule has 0 radical (unpaired) electrons. The van der Waals surface area contributed by atoms with E-state index < -0.39 is 118 Å². The largest absolute Gasteiger partial charge is 0.497 e. The number of rotatable bonds is 21. The lowest BCUT2D eigenvalue weighted by molar-refractivity contribution is -0.353. The summed E-state index contributed by atoms with van der Waals surface area (Å²) >= 11 is 6.74. The molecule has 0 aliphatic carbocycles. The third kappa shape index (κ3) is 15.3. The second kappa shape index (κ2) is 27.2. The van der Waals surface area contributed by atoms with Gasteiger partial charge in [0, 0.05) is 14.7 Å². The van der Waals surface area contributed by atoms with Crippen LogP contribution in [0, 0.1) is 0 Å². The Morgan fingerprint density at radius 3 is 1.19 bits per heavy atom. The molecule has 2 saturated heterocycles. The molecule has 0 N–H and O–H groups in total. The first-order valence-electron chi connectivity index (χ1n) is 25.4. The highest BCUT2D eigenvalue weighted by atomic mass is 35.5. The van der Waals surface area contributed by atoms with Crippen molar-refractivity contribution < 1.29 is 80.9 Å². The minimum atomic E-state index is -1.91. The highest BCUT2D eigenvalue weighted by Crippen LogP contribution is 2.37. The van der Waals surface area contributed by atoms with Crippen LogP contribution in [0.4, 0.5) is 0 Å². The first-order valence-corrected chi connectivity index (χ1v) is 29.7. The van der Waals surface area contributed by atoms with Crippen molar-refractivity contribution in [3.63, 3.8) is 0 Å². The van der Waals surface area contributed by atoms with Crippen molar-refractivity contribution in [2.45, 2.75) is 87.1 Å². The van der Waals surface area contributed by atoms with Gasteiger partial charge in [0.05, 0.1) is 46.4 Å². The van der Waals surface area contributed by atoms with E-state index in [2.05, 4.69) is 19.6 Å². The third-order valence-corrected chi connectivity index (χ3v) is 14.7. The molecule has 0 bridgehead atoms. The van der Waals surface area contributed by atoms with Gasteiger partial charge in [-0.3, -0.25) is 0 Å². The molecule has 17 nitrogen and oxygen atoms in total. The van der Waals surface area contributed by atoms with Gasteiger partial charge >= 0.3 is 35.8 Å². The number of carbonyl (C=O) groups is 6. The van der Waals surface area contributed by atoms with Gasteiger partial charge in [-0.25, -0.2) is 28.8 Å². The van der Waals surface area contributed by atoms with Crippen LogP contribution >= 0.6 is 11.6 Å². The number of esters is 6. The monoisotopic (exact) mass is 1110 g/mol. The average Bonchev–Trinajstić information content (AvgIpc) is 3.66. The van der Waals surface area contributed by atoms with Gasteiger partial charge in [-0.2, -0.15) is 0 Å². The molecule has 19 heteroatoms. The number of alkyl halides is 1. The Hall–Kier alpha value is -7.71. The van der Waals surface area contributed by atoms with E-state index in [4.69, 9.17) is 63.7 Å². The standard InChI is InChI=1S/C60H59ClO17Si/c1-68-44-32-30-43(31-33-44)58(67)73-47-45(36-61)71-60(52(77-57(66)42-28-18-9-19-29-42)49(47)74-54(63)39-22-12-6-13-23-39)78-48-46(37-70-53(62)38-20-10-5-11-21-38)72-59(69-34-35-79(2,3)4)51(76-56(65)41-26-16-8-17-27-41)50(48)75-55(64)40-24-14-7-15-25-40/h5-33,45-52,59-60H,34-37H2,1-4H3/t45-,46-,47+,48-,49+,50+,51-,52-,59-,60+/m1/s1. The summed E-state index contributed by atoms with van der Waals surface area (Å²) in [5.41, 5.74) is 0.579. The molecular formula is C60H59ClO17Si. The lowest BCUT2D eigenvalue weighted by atomic mass is 9.95. The number of methoxy groups -OCH3 is 1. The molecule has 6 aromatic rings. The Morgan fingerprint density at radius 2 is 0.785 bits per heavy atom. The fourth-order valence-corrected chi connectivity index (χ4v) is 9.50. The summed E-state index contributed by atoms with van der Waals surface area (Å²) in [4.78, 5) is 85.5. The Bertz CT molecular complexity index is 2970. The summed E-state index contributed by atoms with van der Waals surface area (Å²) < 4.78 is 69.4. The molecule has 0 aromatic heterocycles. The van der Waals surface area contributed by atoms with Crippen LogP contribution in [0.5, 0.6) is 5.75 Å². The van der Waals surface area contributed by atoms with Crippen LogP contribution in [0.15, 0.2) is 176 Å². The second-order valence-corrected chi connectivity index (χ2v) is 25.5. The van der Waals surface area contributed by atoms with Crippen LogP contribution < -0.4 is 4.74 Å². The van der Waals surface area contributed by atoms with Gasteiger partial charge in [0.25, 0.3) is 0 Å². The number of halogens is 1. The highest BCUT2D eigenvalue weighted by Gasteiger charge is 2.58.